The van der Waals surface area contributed by atoms with Gasteiger partial charge < -0.3 is 10.0 Å². The van der Waals surface area contributed by atoms with Gasteiger partial charge in [-0.15, -0.1) is 0 Å². The Labute approximate surface area is 158 Å². The Morgan fingerprint density at radius 2 is 1.89 bits per heavy atom. The minimum absolute atomic E-state index is 0.146. The number of para-hydroxylation sites is 1. The summed E-state index contributed by atoms with van der Waals surface area (Å²) >= 11 is 0. The topological polar surface area (TPSA) is 72.5 Å². The molecule has 3 aromatic rings. The molecular formula is C21H24N4O2. The number of fused-ring (bicyclic) bond motifs is 1. The summed E-state index contributed by atoms with van der Waals surface area (Å²) in [4.78, 5) is 16.8. The van der Waals surface area contributed by atoms with E-state index in [0.717, 1.165) is 16.5 Å². The number of aliphatic hydroxyl groups excluding tert-OH is 1. The van der Waals surface area contributed by atoms with Crippen molar-refractivity contribution in [2.24, 2.45) is 0 Å². The molecule has 2 atom stereocenters. The van der Waals surface area contributed by atoms with E-state index in [4.69, 9.17) is 0 Å². The number of piperidine rings is 1. The number of rotatable bonds is 3. The summed E-state index contributed by atoms with van der Waals surface area (Å²) in [5, 5.41) is 19.0. The van der Waals surface area contributed by atoms with Crippen molar-refractivity contribution in [3.05, 3.63) is 65.9 Å². The summed E-state index contributed by atoms with van der Waals surface area (Å²) in [7, 11) is 3.96. The first-order valence-electron chi connectivity index (χ1n) is 9.17. The molecule has 4 rings (SSSR count). The lowest BCUT2D eigenvalue weighted by atomic mass is 9.77. The van der Waals surface area contributed by atoms with E-state index in [9.17, 15) is 9.90 Å². The van der Waals surface area contributed by atoms with Gasteiger partial charge in [-0.2, -0.15) is 5.10 Å². The number of benzene rings is 2. The number of carbonyl (C=O) groups excluding carboxylic acids is 1. The van der Waals surface area contributed by atoms with E-state index in [1.807, 2.05) is 68.7 Å². The van der Waals surface area contributed by atoms with Crippen LogP contribution in [0.2, 0.25) is 0 Å². The lowest BCUT2D eigenvalue weighted by Gasteiger charge is -2.49. The Morgan fingerprint density at radius 3 is 2.59 bits per heavy atom. The van der Waals surface area contributed by atoms with Crippen LogP contribution in [0.15, 0.2) is 54.6 Å². The van der Waals surface area contributed by atoms with Gasteiger partial charge in [-0.05, 0) is 32.1 Å². The fraction of sp³-hybridized carbons (Fsp3) is 0.333. The number of nitrogens with one attached hydrogen (secondary N) is 1. The van der Waals surface area contributed by atoms with E-state index in [1.54, 1.807) is 4.90 Å². The van der Waals surface area contributed by atoms with Crippen molar-refractivity contribution in [3.8, 4) is 0 Å². The second-order valence-corrected chi connectivity index (χ2v) is 7.32. The number of aromatic amines is 1. The number of nitrogens with zero attached hydrogens (tertiary/aromatic N) is 3. The number of aliphatic hydroxyl groups is 1. The van der Waals surface area contributed by atoms with Gasteiger partial charge in [0, 0.05) is 18.5 Å². The zero-order valence-corrected chi connectivity index (χ0v) is 15.6. The van der Waals surface area contributed by atoms with Gasteiger partial charge in [-0.1, -0.05) is 48.5 Å². The van der Waals surface area contributed by atoms with Crippen LogP contribution in [-0.2, 0) is 5.54 Å². The summed E-state index contributed by atoms with van der Waals surface area (Å²) in [5.74, 6) is -0.146. The molecule has 1 saturated heterocycles. The van der Waals surface area contributed by atoms with Crippen LogP contribution in [0.4, 0.5) is 0 Å². The number of hydrogen-bond donors (Lipinski definition) is 2. The molecule has 140 valence electrons. The highest BCUT2D eigenvalue weighted by Crippen LogP contribution is 2.38. The molecule has 1 amide bonds. The molecule has 1 aliphatic rings. The molecule has 27 heavy (non-hydrogen) atoms. The van der Waals surface area contributed by atoms with Crippen molar-refractivity contribution in [3.63, 3.8) is 0 Å². The molecule has 6 heteroatoms. The van der Waals surface area contributed by atoms with Gasteiger partial charge in [0.25, 0.3) is 5.91 Å². The second kappa shape index (κ2) is 6.79. The van der Waals surface area contributed by atoms with Gasteiger partial charge in [0.05, 0.1) is 17.2 Å². The zero-order chi connectivity index (χ0) is 19.0. The number of β-amino-alcohol motifs (C(OH)–C–C–N with tert-alkyl or cyclic N) is 1. The molecule has 0 saturated carbocycles. The molecule has 0 bridgehead atoms. The highest BCUT2D eigenvalue weighted by atomic mass is 16.3. The molecular weight excluding hydrogens is 340 g/mol. The van der Waals surface area contributed by atoms with Gasteiger partial charge in [0.1, 0.15) is 0 Å². The Morgan fingerprint density at radius 1 is 1.19 bits per heavy atom. The number of H-pyrrole nitrogens is 1. The first kappa shape index (κ1) is 17.7. The van der Waals surface area contributed by atoms with Crippen LogP contribution in [-0.4, -0.2) is 64.3 Å². The third-order valence-electron chi connectivity index (χ3n) is 5.74. The summed E-state index contributed by atoms with van der Waals surface area (Å²) in [6.07, 6.45) is -0.0444. The Kier molecular flexibility index (Phi) is 4.45. The second-order valence-electron chi connectivity index (χ2n) is 7.32. The molecule has 6 nitrogen and oxygen atoms in total. The van der Waals surface area contributed by atoms with Crippen LogP contribution in [0.25, 0.3) is 10.9 Å². The first-order chi connectivity index (χ1) is 13.0. The molecule has 1 aromatic heterocycles. The minimum Gasteiger partial charge on any atom is -0.389 e. The molecule has 0 spiro atoms. The maximum atomic E-state index is 13.1. The zero-order valence-electron chi connectivity index (χ0n) is 15.6. The van der Waals surface area contributed by atoms with Crippen LogP contribution in [0.1, 0.15) is 22.5 Å². The van der Waals surface area contributed by atoms with Crippen molar-refractivity contribution < 1.29 is 9.90 Å². The number of amides is 1. The largest absolute Gasteiger partial charge is 0.389 e. The highest BCUT2D eigenvalue weighted by Gasteiger charge is 2.46. The number of likely N-dealkylation sites (N-methyl/N-ethyl adjacent to an activating group) is 1. The number of hydrogen-bond acceptors (Lipinski definition) is 4. The summed E-state index contributed by atoms with van der Waals surface area (Å²) in [6, 6.07) is 17.6. The minimum atomic E-state index is -0.696. The Hall–Kier alpha value is -2.70. The van der Waals surface area contributed by atoms with Gasteiger partial charge >= 0.3 is 0 Å². The molecule has 1 aliphatic heterocycles. The predicted octanol–water partition coefficient (Wildman–Crippen LogP) is 2.23. The van der Waals surface area contributed by atoms with Gasteiger partial charge in [0.15, 0.2) is 5.69 Å². The lowest BCUT2D eigenvalue weighted by Crippen LogP contribution is -2.60. The number of aromatic nitrogens is 2. The maximum Gasteiger partial charge on any atom is 0.275 e. The van der Waals surface area contributed by atoms with Crippen molar-refractivity contribution in [1.29, 1.82) is 0 Å². The molecule has 0 aliphatic carbocycles. The van der Waals surface area contributed by atoms with Crippen molar-refractivity contribution in [2.75, 3.05) is 27.2 Å². The van der Waals surface area contributed by atoms with E-state index in [2.05, 4.69) is 15.1 Å². The summed E-state index contributed by atoms with van der Waals surface area (Å²) < 4.78 is 0. The average Bonchev–Trinajstić information content (AvgIpc) is 3.12. The van der Waals surface area contributed by atoms with E-state index < -0.39 is 11.6 Å². The highest BCUT2D eigenvalue weighted by molar-refractivity contribution is 6.04. The van der Waals surface area contributed by atoms with Crippen LogP contribution in [0.3, 0.4) is 0 Å². The van der Waals surface area contributed by atoms with Crippen molar-refractivity contribution >= 4 is 16.8 Å². The molecule has 2 N–H and O–H groups in total. The van der Waals surface area contributed by atoms with Crippen LogP contribution in [0.5, 0.6) is 0 Å². The third-order valence-corrected chi connectivity index (χ3v) is 5.74. The first-order valence-corrected chi connectivity index (χ1v) is 9.17. The number of carbonyl (C=O) groups is 1. The Bertz CT molecular complexity index is 953. The van der Waals surface area contributed by atoms with Gasteiger partial charge in [0.2, 0.25) is 0 Å². The fourth-order valence-electron chi connectivity index (χ4n) is 4.23. The van der Waals surface area contributed by atoms with E-state index in [-0.39, 0.29) is 12.5 Å². The van der Waals surface area contributed by atoms with E-state index >= 15 is 0 Å². The Balaban J connectivity index is 1.62. The van der Waals surface area contributed by atoms with Crippen LogP contribution >= 0.6 is 0 Å². The number of likely N-dealkylation sites (tertiary alicyclic amines) is 1. The smallest absolute Gasteiger partial charge is 0.275 e. The van der Waals surface area contributed by atoms with Gasteiger partial charge in [-0.25, -0.2) is 0 Å². The van der Waals surface area contributed by atoms with Crippen molar-refractivity contribution in [1.82, 2.24) is 20.0 Å². The van der Waals surface area contributed by atoms with Gasteiger partial charge in [-0.3, -0.25) is 14.8 Å². The normalized spacial score (nSPS) is 23.1. The quantitative estimate of drug-likeness (QED) is 0.748. The summed E-state index contributed by atoms with van der Waals surface area (Å²) in [6.45, 7) is 0.831. The third kappa shape index (κ3) is 2.81. The molecule has 2 aromatic carbocycles. The van der Waals surface area contributed by atoms with Crippen LogP contribution in [0, 0.1) is 0 Å². The standard InChI is InChI=1S/C21H24N4O2/c1-24(2)21(15-8-4-3-5-9-15)12-13-25(14-18(21)26)20(27)19-16-10-6-7-11-17(16)22-23-19/h3-11,18,26H,12-14H2,1-2H3,(H,22,23)/t18-,21+/m1/s1. The lowest BCUT2D eigenvalue weighted by molar-refractivity contribution is -0.0612. The SMILES string of the molecule is CN(C)[C@]1(c2ccccc2)CCN(C(=O)c2n[nH]c3ccccc23)C[C@H]1O. The molecule has 0 radical (unpaired) electrons. The van der Waals surface area contributed by atoms with E-state index in [0.29, 0.717) is 18.7 Å². The molecule has 0 unspecified atom stereocenters. The van der Waals surface area contributed by atoms with Crippen LogP contribution < -0.4 is 0 Å². The average molecular weight is 364 g/mol. The fourth-order valence-corrected chi connectivity index (χ4v) is 4.23. The maximum absolute atomic E-state index is 13.1. The summed E-state index contributed by atoms with van der Waals surface area (Å²) in [5.41, 5.74) is 1.81. The predicted molar refractivity (Wildman–Crippen MR) is 104 cm³/mol. The molecule has 2 heterocycles. The molecule has 1 fully saturated rings. The van der Waals surface area contributed by atoms with E-state index in [1.165, 1.54) is 0 Å². The van der Waals surface area contributed by atoms with Crippen molar-refractivity contribution in [2.45, 2.75) is 18.1 Å². The monoisotopic (exact) mass is 364 g/mol.